The van der Waals surface area contributed by atoms with Crippen molar-refractivity contribution in [2.45, 2.75) is 39.8 Å². The highest BCUT2D eigenvalue weighted by atomic mass is 16.5. The summed E-state index contributed by atoms with van der Waals surface area (Å²) in [5, 5.41) is 3.56. The molecule has 21 heavy (non-hydrogen) atoms. The Morgan fingerprint density at radius 3 is 2.29 bits per heavy atom. The lowest BCUT2D eigenvalue weighted by Crippen LogP contribution is -2.17. The van der Waals surface area contributed by atoms with E-state index in [0.717, 1.165) is 25.3 Å². The number of aryl methyl sites for hydroxylation is 1. The molecule has 0 amide bonds. The first-order chi connectivity index (χ1) is 10.2. The summed E-state index contributed by atoms with van der Waals surface area (Å²) < 4.78 is 5.60. The summed E-state index contributed by atoms with van der Waals surface area (Å²) in [6.07, 6.45) is 1.04. The molecule has 112 valence electrons. The fraction of sp³-hybridized carbons (Fsp3) is 0.368. The molecule has 2 heteroatoms. The molecule has 2 nitrogen and oxygen atoms in total. The third-order valence-electron chi connectivity index (χ3n) is 3.59. The van der Waals surface area contributed by atoms with Crippen molar-refractivity contribution in [3.8, 4) is 5.75 Å². The van der Waals surface area contributed by atoms with E-state index in [4.69, 9.17) is 4.74 Å². The Bertz CT molecular complexity index is 530. The summed E-state index contributed by atoms with van der Waals surface area (Å²) in [6.45, 7) is 8.07. The van der Waals surface area contributed by atoms with E-state index in [0.29, 0.717) is 6.04 Å². The fourth-order valence-corrected chi connectivity index (χ4v) is 2.17. The fourth-order valence-electron chi connectivity index (χ4n) is 2.17. The monoisotopic (exact) mass is 283 g/mol. The molecular weight excluding hydrogens is 258 g/mol. The summed E-state index contributed by atoms with van der Waals surface area (Å²) in [4.78, 5) is 0. The highest BCUT2D eigenvalue weighted by Gasteiger charge is 2.04. The normalized spacial score (nSPS) is 12.1. The second-order valence-corrected chi connectivity index (χ2v) is 5.51. The lowest BCUT2D eigenvalue weighted by molar-refractivity contribution is 0.317. The van der Waals surface area contributed by atoms with Gasteiger partial charge in [-0.05, 0) is 43.5 Å². The number of nitrogens with one attached hydrogen (secondary N) is 1. The van der Waals surface area contributed by atoms with Crippen molar-refractivity contribution in [2.24, 2.45) is 0 Å². The number of hydrogen-bond donors (Lipinski definition) is 1. The van der Waals surface area contributed by atoms with E-state index in [1.807, 2.05) is 12.1 Å². The standard InChI is InChI=1S/C19H25NO/c1-4-13-21-19-11-7-17(8-12-19)14-20-16(3)18-9-5-15(2)6-10-18/h5-12,16,20H,4,13-14H2,1-3H3. The lowest BCUT2D eigenvalue weighted by atomic mass is 10.1. The van der Waals surface area contributed by atoms with Crippen LogP contribution in [-0.4, -0.2) is 6.61 Å². The van der Waals surface area contributed by atoms with Crippen molar-refractivity contribution in [1.29, 1.82) is 0 Å². The van der Waals surface area contributed by atoms with Gasteiger partial charge in [0.25, 0.3) is 0 Å². The van der Waals surface area contributed by atoms with E-state index < -0.39 is 0 Å². The molecule has 1 unspecified atom stereocenters. The minimum Gasteiger partial charge on any atom is -0.494 e. The van der Waals surface area contributed by atoms with Gasteiger partial charge >= 0.3 is 0 Å². The number of rotatable bonds is 7. The maximum Gasteiger partial charge on any atom is 0.119 e. The SMILES string of the molecule is CCCOc1ccc(CNC(C)c2ccc(C)cc2)cc1. The van der Waals surface area contributed by atoms with Crippen molar-refractivity contribution in [3.63, 3.8) is 0 Å². The Hall–Kier alpha value is -1.80. The Morgan fingerprint density at radius 2 is 1.67 bits per heavy atom. The zero-order valence-corrected chi connectivity index (χ0v) is 13.2. The zero-order valence-electron chi connectivity index (χ0n) is 13.2. The Kier molecular flexibility index (Phi) is 5.82. The van der Waals surface area contributed by atoms with Gasteiger partial charge < -0.3 is 10.1 Å². The Balaban J connectivity index is 1.86. The summed E-state index contributed by atoms with van der Waals surface area (Å²) in [6, 6.07) is 17.4. The van der Waals surface area contributed by atoms with E-state index >= 15 is 0 Å². The highest BCUT2D eigenvalue weighted by Crippen LogP contribution is 2.16. The summed E-state index contributed by atoms with van der Waals surface area (Å²) in [5.41, 5.74) is 3.90. The minimum absolute atomic E-state index is 0.349. The molecule has 0 radical (unpaired) electrons. The first kappa shape index (κ1) is 15.6. The second-order valence-electron chi connectivity index (χ2n) is 5.51. The van der Waals surface area contributed by atoms with Crippen molar-refractivity contribution < 1.29 is 4.74 Å². The van der Waals surface area contributed by atoms with Crippen LogP contribution in [0.5, 0.6) is 5.75 Å². The lowest BCUT2D eigenvalue weighted by Gasteiger charge is -2.15. The van der Waals surface area contributed by atoms with E-state index in [1.54, 1.807) is 0 Å². The predicted octanol–water partition coefficient (Wildman–Crippen LogP) is 4.63. The molecule has 0 saturated carbocycles. The van der Waals surface area contributed by atoms with Crippen LogP contribution in [0.15, 0.2) is 48.5 Å². The van der Waals surface area contributed by atoms with Crippen molar-refractivity contribution in [2.75, 3.05) is 6.61 Å². The van der Waals surface area contributed by atoms with Gasteiger partial charge in [0.15, 0.2) is 0 Å². The van der Waals surface area contributed by atoms with Crippen molar-refractivity contribution in [3.05, 3.63) is 65.2 Å². The maximum absolute atomic E-state index is 5.60. The largest absolute Gasteiger partial charge is 0.494 e. The maximum atomic E-state index is 5.60. The van der Waals surface area contributed by atoms with Gasteiger partial charge in [-0.2, -0.15) is 0 Å². The predicted molar refractivity (Wildman–Crippen MR) is 88.7 cm³/mol. The van der Waals surface area contributed by atoms with Crippen LogP contribution < -0.4 is 10.1 Å². The molecule has 0 saturated heterocycles. The van der Waals surface area contributed by atoms with Crippen molar-refractivity contribution >= 4 is 0 Å². The topological polar surface area (TPSA) is 21.3 Å². The van der Waals surface area contributed by atoms with Gasteiger partial charge in [-0.1, -0.05) is 48.9 Å². The molecule has 0 spiro atoms. The third-order valence-corrected chi connectivity index (χ3v) is 3.59. The zero-order chi connectivity index (χ0) is 15.1. The molecule has 2 rings (SSSR count). The number of benzene rings is 2. The van der Waals surface area contributed by atoms with E-state index in [2.05, 4.69) is 62.5 Å². The van der Waals surface area contributed by atoms with E-state index in [9.17, 15) is 0 Å². The van der Waals surface area contributed by atoms with Gasteiger partial charge in [-0.15, -0.1) is 0 Å². The number of hydrogen-bond acceptors (Lipinski definition) is 2. The average Bonchev–Trinajstić information content (AvgIpc) is 2.52. The van der Waals surface area contributed by atoms with E-state index in [1.165, 1.54) is 16.7 Å². The van der Waals surface area contributed by atoms with Crippen LogP contribution in [0, 0.1) is 6.92 Å². The first-order valence-corrected chi connectivity index (χ1v) is 7.70. The molecule has 0 aliphatic carbocycles. The van der Waals surface area contributed by atoms with Gasteiger partial charge in [0.05, 0.1) is 6.61 Å². The van der Waals surface area contributed by atoms with Gasteiger partial charge in [0.2, 0.25) is 0 Å². The Morgan fingerprint density at radius 1 is 1.00 bits per heavy atom. The number of ether oxygens (including phenoxy) is 1. The minimum atomic E-state index is 0.349. The molecule has 0 heterocycles. The second kappa shape index (κ2) is 7.84. The first-order valence-electron chi connectivity index (χ1n) is 7.70. The molecule has 0 fully saturated rings. The molecule has 0 bridgehead atoms. The molecule has 0 aromatic heterocycles. The Labute approximate surface area is 128 Å². The molecule has 0 aliphatic rings. The summed E-state index contributed by atoms with van der Waals surface area (Å²) in [7, 11) is 0. The van der Waals surface area contributed by atoms with Crippen LogP contribution >= 0.6 is 0 Å². The van der Waals surface area contributed by atoms with Gasteiger partial charge in [-0.25, -0.2) is 0 Å². The smallest absolute Gasteiger partial charge is 0.119 e. The van der Waals surface area contributed by atoms with Crippen LogP contribution in [-0.2, 0) is 6.54 Å². The van der Waals surface area contributed by atoms with Gasteiger partial charge in [0.1, 0.15) is 5.75 Å². The van der Waals surface area contributed by atoms with Gasteiger partial charge in [-0.3, -0.25) is 0 Å². The summed E-state index contributed by atoms with van der Waals surface area (Å²) in [5.74, 6) is 0.951. The molecule has 1 N–H and O–H groups in total. The van der Waals surface area contributed by atoms with Gasteiger partial charge in [0, 0.05) is 12.6 Å². The summed E-state index contributed by atoms with van der Waals surface area (Å²) >= 11 is 0. The van der Waals surface area contributed by atoms with Crippen LogP contribution in [0.3, 0.4) is 0 Å². The van der Waals surface area contributed by atoms with Crippen LogP contribution in [0.2, 0.25) is 0 Å². The van der Waals surface area contributed by atoms with E-state index in [-0.39, 0.29) is 0 Å². The van der Waals surface area contributed by atoms with Crippen molar-refractivity contribution in [1.82, 2.24) is 5.32 Å². The quantitative estimate of drug-likeness (QED) is 0.799. The molecule has 2 aromatic rings. The third kappa shape index (κ3) is 4.91. The molecule has 2 aromatic carbocycles. The van der Waals surface area contributed by atoms with Crippen LogP contribution in [0.25, 0.3) is 0 Å². The van der Waals surface area contributed by atoms with Crippen LogP contribution in [0.1, 0.15) is 43.0 Å². The molecular formula is C19H25NO. The van der Waals surface area contributed by atoms with Crippen LogP contribution in [0.4, 0.5) is 0 Å². The average molecular weight is 283 g/mol. The molecule has 0 aliphatic heterocycles. The molecule has 1 atom stereocenters. The highest BCUT2D eigenvalue weighted by molar-refractivity contribution is 5.28.